The van der Waals surface area contributed by atoms with Crippen molar-refractivity contribution >= 4 is 5.82 Å². The van der Waals surface area contributed by atoms with Crippen molar-refractivity contribution in [1.29, 1.82) is 0 Å². The van der Waals surface area contributed by atoms with Crippen molar-refractivity contribution in [3.05, 3.63) is 11.8 Å². The van der Waals surface area contributed by atoms with Gasteiger partial charge in [0, 0.05) is 25.4 Å². The molecular formula is C13H23N3. The number of hydrogen-bond donors (Lipinski definition) is 1. The molecule has 1 N–H and O–H groups in total. The molecule has 1 aromatic rings. The minimum atomic E-state index is 0.846. The molecular weight excluding hydrogens is 198 g/mol. The molecule has 90 valence electrons. The highest BCUT2D eigenvalue weighted by Gasteiger charge is 2.18. The van der Waals surface area contributed by atoms with Crippen molar-refractivity contribution in [2.24, 2.45) is 18.9 Å². The second-order valence-electron chi connectivity index (χ2n) is 5.30. The molecule has 1 aliphatic carbocycles. The maximum Gasteiger partial charge on any atom is 0.148 e. The number of anilines is 1. The molecule has 0 aromatic carbocycles. The van der Waals surface area contributed by atoms with Crippen molar-refractivity contribution < 1.29 is 0 Å². The van der Waals surface area contributed by atoms with Gasteiger partial charge in [-0.05, 0) is 31.6 Å². The average molecular weight is 221 g/mol. The molecule has 0 saturated heterocycles. The van der Waals surface area contributed by atoms with Gasteiger partial charge >= 0.3 is 0 Å². The van der Waals surface area contributed by atoms with E-state index in [1.807, 2.05) is 11.7 Å². The normalized spacial score (nSPS) is 25.7. The van der Waals surface area contributed by atoms with E-state index in [-0.39, 0.29) is 0 Å². The number of nitrogens with zero attached hydrogens (tertiary/aromatic N) is 2. The number of rotatable bonds is 3. The van der Waals surface area contributed by atoms with E-state index < -0.39 is 0 Å². The third-order valence-electron chi connectivity index (χ3n) is 3.82. The van der Waals surface area contributed by atoms with Crippen LogP contribution in [0.15, 0.2) is 6.07 Å². The maximum atomic E-state index is 4.42. The fourth-order valence-electron chi connectivity index (χ4n) is 2.43. The number of nitrogens with one attached hydrogen (secondary N) is 1. The van der Waals surface area contributed by atoms with Crippen LogP contribution in [0.25, 0.3) is 0 Å². The minimum absolute atomic E-state index is 0.846. The molecule has 0 atom stereocenters. The summed E-state index contributed by atoms with van der Waals surface area (Å²) in [5, 5.41) is 7.87. The quantitative estimate of drug-likeness (QED) is 0.850. The molecule has 16 heavy (non-hydrogen) atoms. The van der Waals surface area contributed by atoms with Gasteiger partial charge in [-0.3, -0.25) is 4.68 Å². The maximum absolute atomic E-state index is 4.42. The molecule has 3 nitrogen and oxygen atoms in total. The van der Waals surface area contributed by atoms with E-state index in [2.05, 4.69) is 30.3 Å². The van der Waals surface area contributed by atoms with Crippen LogP contribution in [0.5, 0.6) is 0 Å². The third kappa shape index (κ3) is 2.77. The Morgan fingerprint density at radius 2 is 2.06 bits per heavy atom. The zero-order chi connectivity index (χ0) is 11.5. The molecule has 1 saturated carbocycles. The first kappa shape index (κ1) is 11.5. The molecule has 3 heteroatoms. The van der Waals surface area contributed by atoms with Gasteiger partial charge in [0.15, 0.2) is 0 Å². The monoisotopic (exact) mass is 221 g/mol. The molecule has 2 rings (SSSR count). The van der Waals surface area contributed by atoms with Crippen LogP contribution in [0.1, 0.15) is 38.3 Å². The van der Waals surface area contributed by atoms with Gasteiger partial charge in [-0.2, -0.15) is 5.10 Å². The molecule has 0 aliphatic heterocycles. The first-order chi connectivity index (χ1) is 7.65. The number of aromatic nitrogens is 2. The Morgan fingerprint density at radius 3 is 2.62 bits per heavy atom. The molecule has 1 aromatic heterocycles. The van der Waals surface area contributed by atoms with Gasteiger partial charge in [0.1, 0.15) is 5.82 Å². The van der Waals surface area contributed by atoms with Gasteiger partial charge < -0.3 is 5.32 Å². The summed E-state index contributed by atoms with van der Waals surface area (Å²) in [5.41, 5.74) is 1.21. The predicted molar refractivity (Wildman–Crippen MR) is 67.6 cm³/mol. The molecule has 1 heterocycles. The molecule has 0 spiro atoms. The Bertz CT molecular complexity index is 315. The Morgan fingerprint density at radius 1 is 1.38 bits per heavy atom. The van der Waals surface area contributed by atoms with Gasteiger partial charge in [0.05, 0.1) is 0 Å². The Balaban J connectivity index is 1.79. The van der Waals surface area contributed by atoms with E-state index in [9.17, 15) is 0 Å². The fourth-order valence-corrected chi connectivity index (χ4v) is 2.43. The molecule has 0 amide bonds. The standard InChI is InChI=1S/C13H23N3/c1-10-4-6-12(7-5-10)9-14-13-8-11(2)16(3)15-13/h8,10,12H,4-7,9H2,1-3H3,(H,14,15). The average Bonchev–Trinajstić information content (AvgIpc) is 2.58. The zero-order valence-corrected chi connectivity index (χ0v) is 10.7. The lowest BCUT2D eigenvalue weighted by Gasteiger charge is -2.26. The van der Waals surface area contributed by atoms with Crippen LogP contribution in [-0.4, -0.2) is 16.3 Å². The van der Waals surface area contributed by atoms with E-state index in [0.717, 1.165) is 24.2 Å². The molecule has 0 radical (unpaired) electrons. The summed E-state index contributed by atoms with van der Waals surface area (Å²) < 4.78 is 1.92. The molecule has 1 aliphatic rings. The summed E-state index contributed by atoms with van der Waals surface area (Å²) in [7, 11) is 1.99. The topological polar surface area (TPSA) is 29.9 Å². The molecule has 0 bridgehead atoms. The number of aryl methyl sites for hydroxylation is 2. The fraction of sp³-hybridized carbons (Fsp3) is 0.769. The Labute approximate surface area is 98.2 Å². The van der Waals surface area contributed by atoms with Crippen LogP contribution in [-0.2, 0) is 7.05 Å². The third-order valence-corrected chi connectivity index (χ3v) is 3.82. The highest BCUT2D eigenvalue weighted by Crippen LogP contribution is 2.28. The summed E-state index contributed by atoms with van der Waals surface area (Å²) in [6, 6.07) is 2.12. The van der Waals surface area contributed by atoms with E-state index in [4.69, 9.17) is 0 Å². The van der Waals surface area contributed by atoms with Crippen LogP contribution in [0, 0.1) is 18.8 Å². The number of hydrogen-bond acceptors (Lipinski definition) is 2. The van der Waals surface area contributed by atoms with E-state index in [1.54, 1.807) is 0 Å². The minimum Gasteiger partial charge on any atom is -0.368 e. The highest BCUT2D eigenvalue weighted by molar-refractivity contribution is 5.35. The van der Waals surface area contributed by atoms with E-state index in [0.29, 0.717) is 0 Å². The first-order valence-corrected chi connectivity index (χ1v) is 6.39. The van der Waals surface area contributed by atoms with E-state index in [1.165, 1.54) is 31.4 Å². The lowest BCUT2D eigenvalue weighted by molar-refractivity contribution is 0.300. The summed E-state index contributed by atoms with van der Waals surface area (Å²) in [5.74, 6) is 2.81. The molecule has 1 fully saturated rings. The van der Waals surface area contributed by atoms with Crippen molar-refractivity contribution in [2.45, 2.75) is 39.5 Å². The van der Waals surface area contributed by atoms with Crippen LogP contribution >= 0.6 is 0 Å². The smallest absolute Gasteiger partial charge is 0.148 e. The van der Waals surface area contributed by atoms with Crippen molar-refractivity contribution in [1.82, 2.24) is 9.78 Å². The first-order valence-electron chi connectivity index (χ1n) is 6.39. The predicted octanol–water partition coefficient (Wildman–Crippen LogP) is 2.97. The van der Waals surface area contributed by atoms with Crippen LogP contribution < -0.4 is 5.32 Å². The van der Waals surface area contributed by atoms with Crippen molar-refractivity contribution in [3.63, 3.8) is 0 Å². The van der Waals surface area contributed by atoms with Gasteiger partial charge in [-0.25, -0.2) is 0 Å². The van der Waals surface area contributed by atoms with E-state index >= 15 is 0 Å². The zero-order valence-electron chi connectivity index (χ0n) is 10.7. The van der Waals surface area contributed by atoms with Crippen LogP contribution in [0.3, 0.4) is 0 Å². The lowest BCUT2D eigenvalue weighted by atomic mass is 9.83. The summed E-state index contributed by atoms with van der Waals surface area (Å²) in [6.07, 6.45) is 5.54. The van der Waals surface area contributed by atoms with Gasteiger partial charge in [0.2, 0.25) is 0 Å². The van der Waals surface area contributed by atoms with Gasteiger partial charge in [-0.15, -0.1) is 0 Å². The van der Waals surface area contributed by atoms with Crippen molar-refractivity contribution in [2.75, 3.05) is 11.9 Å². The van der Waals surface area contributed by atoms with Crippen molar-refractivity contribution in [3.8, 4) is 0 Å². The molecule has 0 unspecified atom stereocenters. The summed E-state index contributed by atoms with van der Waals surface area (Å²) in [6.45, 7) is 5.54. The summed E-state index contributed by atoms with van der Waals surface area (Å²) in [4.78, 5) is 0. The summed E-state index contributed by atoms with van der Waals surface area (Å²) >= 11 is 0. The Kier molecular flexibility index (Phi) is 3.52. The lowest BCUT2D eigenvalue weighted by Crippen LogP contribution is -2.20. The largest absolute Gasteiger partial charge is 0.368 e. The highest BCUT2D eigenvalue weighted by atomic mass is 15.3. The van der Waals surface area contributed by atoms with Crippen LogP contribution in [0.4, 0.5) is 5.82 Å². The Hall–Kier alpha value is -0.990. The van der Waals surface area contributed by atoms with Crippen LogP contribution in [0.2, 0.25) is 0 Å². The second kappa shape index (κ2) is 4.89. The SMILES string of the molecule is Cc1cc(NCC2CCC(C)CC2)nn1C. The van der Waals surface area contributed by atoms with Gasteiger partial charge in [-0.1, -0.05) is 19.8 Å². The second-order valence-corrected chi connectivity index (χ2v) is 5.30. The van der Waals surface area contributed by atoms with Gasteiger partial charge in [0.25, 0.3) is 0 Å².